The number of hydrogen-bond acceptors (Lipinski definition) is 6. The van der Waals surface area contributed by atoms with Gasteiger partial charge in [0.15, 0.2) is 0 Å². The summed E-state index contributed by atoms with van der Waals surface area (Å²) in [5.74, 6) is 0.537. The molecule has 0 atom stereocenters. The van der Waals surface area contributed by atoms with Crippen molar-refractivity contribution in [3.8, 4) is 17.2 Å². The van der Waals surface area contributed by atoms with Gasteiger partial charge in [0, 0.05) is 43.3 Å². The maximum atomic E-state index is 13.0. The second kappa shape index (κ2) is 10.2. The molecule has 2 aromatic heterocycles. The zero-order valence-electron chi connectivity index (χ0n) is 18.7. The molecule has 0 spiro atoms. The van der Waals surface area contributed by atoms with Gasteiger partial charge in [0.1, 0.15) is 5.65 Å². The molecule has 1 aliphatic heterocycles. The number of nitriles is 1. The molecule has 1 saturated heterocycles. The lowest BCUT2D eigenvalue weighted by atomic mass is 10.0. The first-order valence-corrected chi connectivity index (χ1v) is 10.9. The summed E-state index contributed by atoms with van der Waals surface area (Å²) in [6.45, 7) is 8.25. The van der Waals surface area contributed by atoms with E-state index in [1.165, 1.54) is 0 Å². The molecule has 0 unspecified atom stereocenters. The first-order chi connectivity index (χ1) is 15.1. The zero-order valence-corrected chi connectivity index (χ0v) is 18.7. The van der Waals surface area contributed by atoms with E-state index in [4.69, 9.17) is 5.26 Å². The fourth-order valence-electron chi connectivity index (χ4n) is 3.90. The van der Waals surface area contributed by atoms with Crippen LogP contribution in [0.25, 0.3) is 22.2 Å². The number of aromatic nitrogens is 3. The normalized spacial score (nSPS) is 14.5. The van der Waals surface area contributed by atoms with E-state index < -0.39 is 0 Å². The van der Waals surface area contributed by atoms with Crippen LogP contribution in [0.1, 0.15) is 32.3 Å². The van der Waals surface area contributed by atoms with Crippen molar-refractivity contribution < 1.29 is 0 Å². The van der Waals surface area contributed by atoms with Crippen LogP contribution >= 0.6 is 0 Å². The highest BCUT2D eigenvalue weighted by Gasteiger charge is 2.20. The number of pyridine rings is 1. The van der Waals surface area contributed by atoms with Crippen molar-refractivity contribution in [2.75, 3.05) is 25.0 Å². The molecule has 3 heterocycles. The van der Waals surface area contributed by atoms with Crippen LogP contribution in [0.2, 0.25) is 0 Å². The van der Waals surface area contributed by atoms with Crippen LogP contribution in [-0.4, -0.2) is 45.1 Å². The Balaban J connectivity index is 0.00000132. The molecule has 3 aromatic rings. The zero-order chi connectivity index (χ0) is 22.4. The Hall–Kier alpha value is -3.24. The lowest BCUT2D eigenvalue weighted by Gasteiger charge is -2.30. The van der Waals surface area contributed by atoms with Gasteiger partial charge in [-0.2, -0.15) is 10.2 Å². The Morgan fingerprint density at radius 2 is 1.90 bits per heavy atom. The van der Waals surface area contributed by atoms with Crippen molar-refractivity contribution >= 4 is 17.0 Å². The number of aryl methyl sites for hydroxylation is 2. The highest BCUT2D eigenvalue weighted by Crippen LogP contribution is 2.23. The third-order valence-corrected chi connectivity index (χ3v) is 5.60. The topological polar surface area (TPSA) is 86.8 Å². The van der Waals surface area contributed by atoms with Gasteiger partial charge in [-0.1, -0.05) is 38.1 Å². The van der Waals surface area contributed by atoms with Crippen molar-refractivity contribution in [2.24, 2.45) is 7.05 Å². The molecule has 162 valence electrons. The smallest absolute Gasteiger partial charge is 0.259 e. The molecule has 0 amide bonds. The maximum Gasteiger partial charge on any atom is 0.259 e. The summed E-state index contributed by atoms with van der Waals surface area (Å²) in [6.07, 6.45) is 3.65. The molecule has 4 rings (SSSR count). The predicted molar refractivity (Wildman–Crippen MR) is 125 cm³/mol. The molecule has 0 saturated carbocycles. The SMILES string of the molecule is CC.Cc1ccccc1-c1cc2cnc(NC3CCN(CC#N)CC3)nc2n(C)c1=O. The number of anilines is 1. The lowest BCUT2D eigenvalue weighted by Crippen LogP contribution is -2.39. The minimum absolute atomic E-state index is 0.0683. The van der Waals surface area contributed by atoms with Crippen molar-refractivity contribution in [3.63, 3.8) is 0 Å². The molecule has 7 heteroatoms. The van der Waals surface area contributed by atoms with Crippen LogP contribution < -0.4 is 10.9 Å². The molecular formula is C24H30N6O. The molecule has 1 N–H and O–H groups in total. The van der Waals surface area contributed by atoms with E-state index in [1.807, 2.05) is 51.1 Å². The Labute approximate surface area is 183 Å². The quantitative estimate of drug-likeness (QED) is 0.650. The minimum Gasteiger partial charge on any atom is -0.351 e. The Morgan fingerprint density at radius 1 is 1.19 bits per heavy atom. The number of nitrogens with zero attached hydrogens (tertiary/aromatic N) is 5. The summed E-state index contributed by atoms with van der Waals surface area (Å²) in [5, 5.41) is 13.0. The van der Waals surface area contributed by atoms with E-state index in [2.05, 4.69) is 26.3 Å². The average molecular weight is 419 g/mol. The van der Waals surface area contributed by atoms with E-state index >= 15 is 0 Å². The summed E-state index contributed by atoms with van der Waals surface area (Å²) in [4.78, 5) is 24.2. The van der Waals surface area contributed by atoms with E-state index in [0.717, 1.165) is 42.4 Å². The number of rotatable bonds is 4. The van der Waals surface area contributed by atoms with Crippen molar-refractivity contribution in [1.29, 1.82) is 5.26 Å². The van der Waals surface area contributed by atoms with Crippen LogP contribution in [0, 0.1) is 18.3 Å². The van der Waals surface area contributed by atoms with Crippen molar-refractivity contribution in [3.05, 3.63) is 52.4 Å². The lowest BCUT2D eigenvalue weighted by molar-refractivity contribution is 0.242. The maximum absolute atomic E-state index is 13.0. The number of fused-ring (bicyclic) bond motifs is 1. The van der Waals surface area contributed by atoms with Gasteiger partial charge in [-0.25, -0.2) is 4.98 Å². The molecule has 1 aliphatic rings. The third-order valence-electron chi connectivity index (χ3n) is 5.60. The minimum atomic E-state index is -0.0683. The van der Waals surface area contributed by atoms with Gasteiger partial charge >= 0.3 is 0 Å². The second-order valence-corrected chi connectivity index (χ2v) is 7.56. The van der Waals surface area contributed by atoms with Gasteiger partial charge in [-0.15, -0.1) is 0 Å². The Bertz CT molecular complexity index is 1140. The summed E-state index contributed by atoms with van der Waals surface area (Å²) in [7, 11) is 1.75. The number of hydrogen-bond donors (Lipinski definition) is 1. The average Bonchev–Trinajstić information content (AvgIpc) is 2.80. The monoisotopic (exact) mass is 418 g/mol. The Morgan fingerprint density at radius 3 is 2.58 bits per heavy atom. The van der Waals surface area contributed by atoms with Gasteiger partial charge in [0.05, 0.1) is 12.6 Å². The van der Waals surface area contributed by atoms with Crippen LogP contribution in [0.4, 0.5) is 5.95 Å². The highest BCUT2D eigenvalue weighted by molar-refractivity contribution is 5.82. The standard InChI is InChI=1S/C22H24N6O.C2H6/c1-15-5-3-4-6-18(15)19-13-16-14-24-22(26-20(16)27(2)21(19)29)25-17-7-10-28(11-8-17)12-9-23;1-2/h3-6,13-14,17H,7-8,10-12H2,1-2H3,(H,24,25,26);1-2H3. The Kier molecular flexibility index (Phi) is 7.37. The second-order valence-electron chi connectivity index (χ2n) is 7.56. The molecule has 1 fully saturated rings. The van der Waals surface area contributed by atoms with Gasteiger partial charge in [0.25, 0.3) is 5.56 Å². The van der Waals surface area contributed by atoms with E-state index in [9.17, 15) is 4.79 Å². The van der Waals surface area contributed by atoms with E-state index in [1.54, 1.807) is 17.8 Å². The molecule has 1 aromatic carbocycles. The van der Waals surface area contributed by atoms with E-state index in [-0.39, 0.29) is 11.6 Å². The largest absolute Gasteiger partial charge is 0.351 e. The fourth-order valence-corrected chi connectivity index (χ4v) is 3.90. The van der Waals surface area contributed by atoms with E-state index in [0.29, 0.717) is 23.7 Å². The van der Waals surface area contributed by atoms with Crippen LogP contribution in [0.15, 0.2) is 41.3 Å². The number of nitrogens with one attached hydrogen (secondary N) is 1. The molecule has 0 aliphatic carbocycles. The summed E-state index contributed by atoms with van der Waals surface area (Å²) >= 11 is 0. The number of benzene rings is 1. The van der Waals surface area contributed by atoms with Gasteiger partial charge in [0.2, 0.25) is 5.95 Å². The van der Waals surface area contributed by atoms with Gasteiger partial charge in [-0.3, -0.25) is 14.3 Å². The van der Waals surface area contributed by atoms with Crippen molar-refractivity contribution in [2.45, 2.75) is 39.7 Å². The third kappa shape index (κ3) is 4.92. The summed E-state index contributed by atoms with van der Waals surface area (Å²) < 4.78 is 1.60. The summed E-state index contributed by atoms with van der Waals surface area (Å²) in [5.41, 5.74) is 3.20. The first-order valence-electron chi connectivity index (χ1n) is 10.9. The van der Waals surface area contributed by atoms with Gasteiger partial charge in [-0.05, 0) is 37.0 Å². The molecule has 31 heavy (non-hydrogen) atoms. The first kappa shape index (κ1) is 22.4. The number of piperidine rings is 1. The van der Waals surface area contributed by atoms with Crippen LogP contribution in [0.3, 0.4) is 0 Å². The fraction of sp³-hybridized carbons (Fsp3) is 0.417. The van der Waals surface area contributed by atoms with Crippen molar-refractivity contribution in [1.82, 2.24) is 19.4 Å². The molecule has 0 radical (unpaired) electrons. The van der Waals surface area contributed by atoms with Crippen LogP contribution in [0.5, 0.6) is 0 Å². The molecule has 0 bridgehead atoms. The predicted octanol–water partition coefficient (Wildman–Crippen LogP) is 3.73. The highest BCUT2D eigenvalue weighted by atomic mass is 16.1. The number of likely N-dealkylation sites (tertiary alicyclic amines) is 1. The summed E-state index contributed by atoms with van der Waals surface area (Å²) in [6, 6.07) is 12.2. The van der Waals surface area contributed by atoms with Crippen LogP contribution in [-0.2, 0) is 7.05 Å². The van der Waals surface area contributed by atoms with Gasteiger partial charge < -0.3 is 5.32 Å². The molecular weight excluding hydrogens is 388 g/mol. The molecule has 7 nitrogen and oxygen atoms in total.